The number of nitrogens with one attached hydrogen (secondary N) is 1. The molecule has 0 unspecified atom stereocenters. The molecule has 1 aliphatic rings. The molecule has 1 N–H and O–H groups in total. The number of aromatic nitrogens is 3. The Bertz CT molecular complexity index is 1040. The number of rotatable bonds is 7. The van der Waals surface area contributed by atoms with Crippen LogP contribution in [0.1, 0.15) is 29.3 Å². The van der Waals surface area contributed by atoms with E-state index in [1.54, 1.807) is 7.11 Å². The number of carbonyl (C=O) groups is 1. The first kappa shape index (κ1) is 21.2. The Morgan fingerprint density at radius 2 is 2.16 bits per heavy atom. The SMILES string of the molecule is CCc1nnc(Nc2cccc([C@H]3CN(C(=O)Cc4cccc(OC)c4)CCO3)n2)s1. The molecule has 3 aromatic rings. The lowest BCUT2D eigenvalue weighted by molar-refractivity contribution is -0.138. The van der Waals surface area contributed by atoms with Gasteiger partial charge in [-0.3, -0.25) is 4.79 Å². The van der Waals surface area contributed by atoms with Crippen LogP contribution in [-0.2, 0) is 22.4 Å². The number of amides is 1. The van der Waals surface area contributed by atoms with Crippen molar-refractivity contribution in [2.45, 2.75) is 25.9 Å². The van der Waals surface area contributed by atoms with Gasteiger partial charge in [0.2, 0.25) is 11.0 Å². The largest absolute Gasteiger partial charge is 0.497 e. The summed E-state index contributed by atoms with van der Waals surface area (Å²) in [6.07, 6.45) is 0.906. The van der Waals surface area contributed by atoms with Crippen molar-refractivity contribution < 1.29 is 14.3 Å². The van der Waals surface area contributed by atoms with Crippen LogP contribution in [0.15, 0.2) is 42.5 Å². The average molecular weight is 440 g/mol. The molecule has 0 saturated carbocycles. The van der Waals surface area contributed by atoms with E-state index in [0.29, 0.717) is 37.1 Å². The van der Waals surface area contributed by atoms with E-state index in [9.17, 15) is 4.79 Å². The smallest absolute Gasteiger partial charge is 0.227 e. The Labute approximate surface area is 185 Å². The number of anilines is 2. The number of hydrogen-bond acceptors (Lipinski definition) is 8. The van der Waals surface area contributed by atoms with Gasteiger partial charge in [-0.2, -0.15) is 0 Å². The van der Waals surface area contributed by atoms with Crippen molar-refractivity contribution in [1.29, 1.82) is 0 Å². The molecule has 31 heavy (non-hydrogen) atoms. The van der Waals surface area contributed by atoms with E-state index in [-0.39, 0.29) is 12.0 Å². The summed E-state index contributed by atoms with van der Waals surface area (Å²) in [4.78, 5) is 19.4. The van der Waals surface area contributed by atoms with E-state index < -0.39 is 0 Å². The summed E-state index contributed by atoms with van der Waals surface area (Å²) in [7, 11) is 1.62. The minimum absolute atomic E-state index is 0.0665. The molecule has 1 atom stereocenters. The Morgan fingerprint density at radius 1 is 1.29 bits per heavy atom. The summed E-state index contributed by atoms with van der Waals surface area (Å²) in [6, 6.07) is 13.3. The number of nitrogens with zero attached hydrogens (tertiary/aromatic N) is 4. The van der Waals surface area contributed by atoms with Crippen molar-refractivity contribution in [3.05, 3.63) is 58.7 Å². The molecule has 2 aromatic heterocycles. The lowest BCUT2D eigenvalue weighted by Crippen LogP contribution is -2.43. The molecule has 0 aliphatic carbocycles. The van der Waals surface area contributed by atoms with Crippen LogP contribution < -0.4 is 10.1 Å². The zero-order valence-electron chi connectivity index (χ0n) is 17.6. The highest BCUT2D eigenvalue weighted by Crippen LogP contribution is 2.25. The van der Waals surface area contributed by atoms with Gasteiger partial charge in [-0.25, -0.2) is 4.98 Å². The fourth-order valence-corrected chi connectivity index (χ4v) is 4.07. The fraction of sp³-hybridized carbons (Fsp3) is 0.364. The minimum Gasteiger partial charge on any atom is -0.497 e. The molecule has 9 heteroatoms. The molecule has 0 spiro atoms. The van der Waals surface area contributed by atoms with Gasteiger partial charge in [0.05, 0.1) is 32.4 Å². The summed E-state index contributed by atoms with van der Waals surface area (Å²) >= 11 is 1.51. The highest BCUT2D eigenvalue weighted by Gasteiger charge is 2.26. The maximum absolute atomic E-state index is 12.9. The van der Waals surface area contributed by atoms with Gasteiger partial charge in [-0.05, 0) is 36.2 Å². The Morgan fingerprint density at radius 3 is 2.97 bits per heavy atom. The van der Waals surface area contributed by atoms with Crippen LogP contribution in [0.4, 0.5) is 10.9 Å². The zero-order chi connectivity index (χ0) is 21.6. The minimum atomic E-state index is -0.273. The quantitative estimate of drug-likeness (QED) is 0.603. The molecule has 1 saturated heterocycles. The van der Waals surface area contributed by atoms with E-state index in [0.717, 1.165) is 28.4 Å². The predicted octanol–water partition coefficient (Wildman–Crippen LogP) is 3.39. The molecular formula is C22H25N5O3S. The number of hydrogen-bond donors (Lipinski definition) is 1. The second-order valence-electron chi connectivity index (χ2n) is 7.15. The second-order valence-corrected chi connectivity index (χ2v) is 8.22. The Kier molecular flexibility index (Phi) is 6.73. The first-order chi connectivity index (χ1) is 15.1. The normalized spacial score (nSPS) is 16.2. The average Bonchev–Trinajstić information content (AvgIpc) is 3.27. The molecule has 1 amide bonds. The zero-order valence-corrected chi connectivity index (χ0v) is 18.4. The third-order valence-electron chi connectivity index (χ3n) is 5.01. The van der Waals surface area contributed by atoms with E-state index in [4.69, 9.17) is 9.47 Å². The van der Waals surface area contributed by atoms with Gasteiger partial charge in [-0.1, -0.05) is 36.5 Å². The van der Waals surface area contributed by atoms with Gasteiger partial charge in [0, 0.05) is 6.54 Å². The first-order valence-electron chi connectivity index (χ1n) is 10.2. The van der Waals surface area contributed by atoms with Crippen LogP contribution in [0, 0.1) is 0 Å². The van der Waals surface area contributed by atoms with Crippen molar-refractivity contribution in [1.82, 2.24) is 20.1 Å². The monoisotopic (exact) mass is 439 g/mol. The van der Waals surface area contributed by atoms with Crippen molar-refractivity contribution in [2.24, 2.45) is 0 Å². The molecular weight excluding hydrogens is 414 g/mol. The lowest BCUT2D eigenvalue weighted by Gasteiger charge is -2.33. The third-order valence-corrected chi connectivity index (χ3v) is 6.00. The van der Waals surface area contributed by atoms with Crippen LogP contribution in [0.25, 0.3) is 0 Å². The van der Waals surface area contributed by atoms with Gasteiger partial charge < -0.3 is 19.7 Å². The molecule has 8 nitrogen and oxygen atoms in total. The van der Waals surface area contributed by atoms with E-state index >= 15 is 0 Å². The number of benzene rings is 1. The standard InChI is InChI=1S/C22H25N5O3S/c1-3-20-25-26-22(31-20)24-19-9-5-8-17(23-19)18-14-27(10-11-30-18)21(28)13-15-6-4-7-16(12-15)29-2/h4-9,12,18H,3,10-11,13-14H2,1-2H3,(H,23,24,26)/t18-/m1/s1. The fourth-order valence-electron chi connectivity index (χ4n) is 3.38. The van der Waals surface area contributed by atoms with E-state index in [1.165, 1.54) is 11.3 Å². The molecule has 0 radical (unpaired) electrons. The maximum Gasteiger partial charge on any atom is 0.227 e. The van der Waals surface area contributed by atoms with Gasteiger partial charge >= 0.3 is 0 Å². The number of carbonyl (C=O) groups excluding carboxylic acids is 1. The number of morpholine rings is 1. The molecule has 1 aliphatic heterocycles. The number of ether oxygens (including phenoxy) is 2. The summed E-state index contributed by atoms with van der Waals surface area (Å²) in [6.45, 7) is 3.56. The summed E-state index contributed by atoms with van der Waals surface area (Å²) in [5.74, 6) is 1.50. The summed E-state index contributed by atoms with van der Waals surface area (Å²) in [5, 5.41) is 13.1. The van der Waals surface area contributed by atoms with Crippen molar-refractivity contribution in [2.75, 3.05) is 32.1 Å². The van der Waals surface area contributed by atoms with Gasteiger partial charge in [0.15, 0.2) is 0 Å². The van der Waals surface area contributed by atoms with Gasteiger partial charge in [-0.15, -0.1) is 10.2 Å². The lowest BCUT2D eigenvalue weighted by atomic mass is 10.1. The Hall–Kier alpha value is -3.04. The number of aryl methyl sites for hydroxylation is 1. The van der Waals surface area contributed by atoms with E-state index in [1.807, 2.05) is 54.3 Å². The molecule has 4 rings (SSSR count). The molecule has 0 bridgehead atoms. The van der Waals surface area contributed by atoms with Gasteiger partial charge in [0.25, 0.3) is 0 Å². The highest BCUT2D eigenvalue weighted by molar-refractivity contribution is 7.15. The number of methoxy groups -OCH3 is 1. The van der Waals surface area contributed by atoms with Crippen LogP contribution in [0.3, 0.4) is 0 Å². The van der Waals surface area contributed by atoms with Crippen LogP contribution in [0.5, 0.6) is 5.75 Å². The van der Waals surface area contributed by atoms with E-state index in [2.05, 4.69) is 20.5 Å². The second kappa shape index (κ2) is 9.84. The highest BCUT2D eigenvalue weighted by atomic mass is 32.1. The number of pyridine rings is 1. The van der Waals surface area contributed by atoms with Crippen LogP contribution in [0.2, 0.25) is 0 Å². The third kappa shape index (κ3) is 5.36. The van der Waals surface area contributed by atoms with Crippen LogP contribution >= 0.6 is 11.3 Å². The van der Waals surface area contributed by atoms with Crippen LogP contribution in [-0.4, -0.2) is 52.8 Å². The Balaban J connectivity index is 1.41. The molecule has 3 heterocycles. The molecule has 1 aromatic carbocycles. The predicted molar refractivity (Wildman–Crippen MR) is 119 cm³/mol. The van der Waals surface area contributed by atoms with Crippen molar-refractivity contribution in [3.63, 3.8) is 0 Å². The van der Waals surface area contributed by atoms with Gasteiger partial charge in [0.1, 0.15) is 22.7 Å². The maximum atomic E-state index is 12.9. The first-order valence-corrected chi connectivity index (χ1v) is 11.0. The van der Waals surface area contributed by atoms with Crippen molar-refractivity contribution >= 4 is 28.2 Å². The molecule has 162 valence electrons. The summed E-state index contributed by atoms with van der Waals surface area (Å²) < 4.78 is 11.2. The topological polar surface area (TPSA) is 89.5 Å². The summed E-state index contributed by atoms with van der Waals surface area (Å²) in [5.41, 5.74) is 1.71. The molecule has 1 fully saturated rings. The van der Waals surface area contributed by atoms with Crippen molar-refractivity contribution in [3.8, 4) is 5.75 Å².